The first-order chi connectivity index (χ1) is 11.1. The summed E-state index contributed by atoms with van der Waals surface area (Å²) in [4.78, 5) is 20.5. The molecule has 2 rings (SSSR count). The smallest absolute Gasteiger partial charge is 0.275 e. The maximum Gasteiger partial charge on any atom is 0.275 e. The standard InChI is InChI=1S/C17H22N4O2/c1-12-7-13(2)9-14(8-12)21-17(22)15-10-20-16(11-19-15)18-5-4-6-23-3/h7-11H,4-6H2,1-3H3,(H,18,20)(H,21,22). The lowest BCUT2D eigenvalue weighted by atomic mass is 10.1. The summed E-state index contributed by atoms with van der Waals surface area (Å²) in [6.07, 6.45) is 3.91. The summed E-state index contributed by atoms with van der Waals surface area (Å²) in [5.41, 5.74) is 3.24. The first kappa shape index (κ1) is 16.9. The summed E-state index contributed by atoms with van der Waals surface area (Å²) in [5.74, 6) is 0.373. The van der Waals surface area contributed by atoms with Crippen molar-refractivity contribution >= 4 is 17.4 Å². The second-order valence-electron chi connectivity index (χ2n) is 5.39. The van der Waals surface area contributed by atoms with Gasteiger partial charge in [-0.2, -0.15) is 0 Å². The number of rotatable bonds is 7. The molecule has 2 aromatic rings. The molecule has 1 aromatic heterocycles. The molecule has 0 atom stereocenters. The summed E-state index contributed by atoms with van der Waals surface area (Å²) in [6, 6.07) is 5.90. The van der Waals surface area contributed by atoms with Crippen molar-refractivity contribution in [2.75, 3.05) is 30.9 Å². The molecule has 0 saturated heterocycles. The molecular weight excluding hydrogens is 292 g/mol. The van der Waals surface area contributed by atoms with Gasteiger partial charge in [0, 0.05) is 25.9 Å². The maximum absolute atomic E-state index is 12.2. The zero-order chi connectivity index (χ0) is 16.7. The Bertz CT molecular complexity index is 636. The predicted octanol–water partition coefficient (Wildman–Crippen LogP) is 2.79. The van der Waals surface area contributed by atoms with Gasteiger partial charge in [-0.3, -0.25) is 4.79 Å². The lowest BCUT2D eigenvalue weighted by Gasteiger charge is -2.08. The van der Waals surface area contributed by atoms with Crippen molar-refractivity contribution in [1.82, 2.24) is 9.97 Å². The quantitative estimate of drug-likeness (QED) is 0.769. The van der Waals surface area contributed by atoms with Gasteiger partial charge in [-0.25, -0.2) is 9.97 Å². The highest BCUT2D eigenvalue weighted by atomic mass is 16.5. The van der Waals surface area contributed by atoms with Crippen LogP contribution in [0.3, 0.4) is 0 Å². The molecule has 23 heavy (non-hydrogen) atoms. The Labute approximate surface area is 136 Å². The molecule has 0 radical (unpaired) electrons. The summed E-state index contributed by atoms with van der Waals surface area (Å²) >= 11 is 0. The molecule has 0 unspecified atom stereocenters. The Morgan fingerprint density at radius 3 is 2.48 bits per heavy atom. The van der Waals surface area contributed by atoms with Gasteiger partial charge in [0.2, 0.25) is 0 Å². The fourth-order valence-electron chi connectivity index (χ4n) is 2.21. The van der Waals surface area contributed by atoms with Crippen LogP contribution < -0.4 is 10.6 Å². The zero-order valence-corrected chi connectivity index (χ0v) is 13.7. The van der Waals surface area contributed by atoms with Crippen LogP contribution >= 0.6 is 0 Å². The number of amides is 1. The summed E-state index contributed by atoms with van der Waals surface area (Å²) < 4.78 is 4.97. The first-order valence-electron chi connectivity index (χ1n) is 7.53. The highest BCUT2D eigenvalue weighted by Gasteiger charge is 2.09. The number of hydrogen-bond acceptors (Lipinski definition) is 5. The molecule has 0 spiro atoms. The van der Waals surface area contributed by atoms with Gasteiger partial charge in [0.15, 0.2) is 0 Å². The highest BCUT2D eigenvalue weighted by Crippen LogP contribution is 2.14. The van der Waals surface area contributed by atoms with E-state index >= 15 is 0 Å². The van der Waals surface area contributed by atoms with E-state index < -0.39 is 0 Å². The fourth-order valence-corrected chi connectivity index (χ4v) is 2.21. The second kappa shape index (κ2) is 8.24. The van der Waals surface area contributed by atoms with Gasteiger partial charge in [0.25, 0.3) is 5.91 Å². The van der Waals surface area contributed by atoms with Crippen LogP contribution in [0.1, 0.15) is 28.0 Å². The molecule has 1 amide bonds. The number of ether oxygens (including phenoxy) is 1. The Kier molecular flexibility index (Phi) is 6.05. The normalized spacial score (nSPS) is 10.4. The molecule has 0 aliphatic heterocycles. The van der Waals surface area contributed by atoms with Crippen molar-refractivity contribution in [2.45, 2.75) is 20.3 Å². The summed E-state index contributed by atoms with van der Waals surface area (Å²) in [5, 5.41) is 5.97. The average Bonchev–Trinajstić information content (AvgIpc) is 2.51. The van der Waals surface area contributed by atoms with Crippen molar-refractivity contribution in [3.63, 3.8) is 0 Å². The van der Waals surface area contributed by atoms with E-state index in [0.29, 0.717) is 12.4 Å². The fraction of sp³-hybridized carbons (Fsp3) is 0.353. The van der Waals surface area contributed by atoms with E-state index in [1.54, 1.807) is 13.3 Å². The lowest BCUT2D eigenvalue weighted by Crippen LogP contribution is -2.15. The molecule has 2 N–H and O–H groups in total. The van der Waals surface area contributed by atoms with Crippen LogP contribution in [-0.4, -0.2) is 36.1 Å². The van der Waals surface area contributed by atoms with Gasteiger partial charge >= 0.3 is 0 Å². The molecular formula is C17H22N4O2. The zero-order valence-electron chi connectivity index (χ0n) is 13.7. The van der Waals surface area contributed by atoms with Crippen LogP contribution in [-0.2, 0) is 4.74 Å². The van der Waals surface area contributed by atoms with Gasteiger partial charge < -0.3 is 15.4 Å². The van der Waals surface area contributed by atoms with Crippen LogP contribution in [0.4, 0.5) is 11.5 Å². The van der Waals surface area contributed by atoms with E-state index in [-0.39, 0.29) is 11.6 Å². The largest absolute Gasteiger partial charge is 0.385 e. The number of hydrogen-bond donors (Lipinski definition) is 2. The topological polar surface area (TPSA) is 76.1 Å². The van der Waals surface area contributed by atoms with E-state index in [4.69, 9.17) is 4.74 Å². The van der Waals surface area contributed by atoms with Gasteiger partial charge in [0.1, 0.15) is 11.5 Å². The maximum atomic E-state index is 12.2. The van der Waals surface area contributed by atoms with E-state index in [2.05, 4.69) is 26.7 Å². The number of benzene rings is 1. The van der Waals surface area contributed by atoms with E-state index in [9.17, 15) is 4.79 Å². The first-order valence-corrected chi connectivity index (χ1v) is 7.53. The average molecular weight is 314 g/mol. The Morgan fingerprint density at radius 1 is 1.13 bits per heavy atom. The van der Waals surface area contributed by atoms with Gasteiger partial charge in [0.05, 0.1) is 12.4 Å². The van der Waals surface area contributed by atoms with Crippen molar-refractivity contribution in [3.05, 3.63) is 47.4 Å². The third kappa shape index (κ3) is 5.34. The van der Waals surface area contributed by atoms with Crippen LogP contribution in [0.5, 0.6) is 0 Å². The molecule has 1 aromatic carbocycles. The van der Waals surface area contributed by atoms with Crippen molar-refractivity contribution in [3.8, 4) is 0 Å². The number of carbonyl (C=O) groups excluding carboxylic acids is 1. The lowest BCUT2D eigenvalue weighted by molar-refractivity contribution is 0.102. The molecule has 122 valence electrons. The number of methoxy groups -OCH3 is 1. The van der Waals surface area contributed by atoms with Crippen LogP contribution in [0, 0.1) is 13.8 Å². The number of aryl methyl sites for hydroxylation is 2. The highest BCUT2D eigenvalue weighted by molar-refractivity contribution is 6.02. The third-order valence-electron chi connectivity index (χ3n) is 3.20. The molecule has 0 bridgehead atoms. The molecule has 0 fully saturated rings. The number of anilines is 2. The minimum Gasteiger partial charge on any atom is -0.385 e. The van der Waals surface area contributed by atoms with Gasteiger partial charge in [-0.15, -0.1) is 0 Å². The molecule has 0 aliphatic carbocycles. The predicted molar refractivity (Wildman–Crippen MR) is 90.9 cm³/mol. The van der Waals surface area contributed by atoms with Crippen molar-refractivity contribution in [2.24, 2.45) is 0 Å². The minimum atomic E-state index is -0.270. The summed E-state index contributed by atoms with van der Waals surface area (Å²) in [7, 11) is 1.67. The van der Waals surface area contributed by atoms with Crippen LogP contribution in [0.15, 0.2) is 30.6 Å². The van der Waals surface area contributed by atoms with E-state index in [0.717, 1.165) is 29.8 Å². The SMILES string of the molecule is COCCCNc1cnc(C(=O)Nc2cc(C)cc(C)c2)cn1. The Hall–Kier alpha value is -2.47. The Balaban J connectivity index is 1.94. The van der Waals surface area contributed by atoms with Crippen molar-refractivity contribution < 1.29 is 9.53 Å². The molecule has 6 heteroatoms. The van der Waals surface area contributed by atoms with Crippen LogP contribution in [0.25, 0.3) is 0 Å². The molecule has 1 heterocycles. The number of nitrogens with one attached hydrogen (secondary N) is 2. The molecule has 0 saturated carbocycles. The minimum absolute atomic E-state index is 0.270. The van der Waals surface area contributed by atoms with Crippen LogP contribution in [0.2, 0.25) is 0 Å². The summed E-state index contributed by atoms with van der Waals surface area (Å²) in [6.45, 7) is 5.42. The molecule has 6 nitrogen and oxygen atoms in total. The monoisotopic (exact) mass is 314 g/mol. The number of aromatic nitrogens is 2. The second-order valence-corrected chi connectivity index (χ2v) is 5.39. The molecule has 0 aliphatic rings. The Morgan fingerprint density at radius 2 is 1.87 bits per heavy atom. The van der Waals surface area contributed by atoms with Gasteiger partial charge in [-0.05, 0) is 43.5 Å². The van der Waals surface area contributed by atoms with E-state index in [1.165, 1.54) is 6.20 Å². The third-order valence-corrected chi connectivity index (χ3v) is 3.20. The number of nitrogens with zero attached hydrogens (tertiary/aromatic N) is 2. The van der Waals surface area contributed by atoms with E-state index in [1.807, 2.05) is 26.0 Å². The van der Waals surface area contributed by atoms with Crippen molar-refractivity contribution in [1.29, 1.82) is 0 Å². The number of carbonyl (C=O) groups is 1. The van der Waals surface area contributed by atoms with Gasteiger partial charge in [-0.1, -0.05) is 6.07 Å².